The van der Waals surface area contributed by atoms with Gasteiger partial charge in [-0.1, -0.05) is 15.9 Å². The molecule has 0 atom stereocenters. The Bertz CT molecular complexity index is 483. The maximum absolute atomic E-state index is 12.9. The van der Waals surface area contributed by atoms with Gasteiger partial charge in [0.25, 0.3) is 5.91 Å². The van der Waals surface area contributed by atoms with Crippen LogP contribution in [-0.2, 0) is 10.9 Å². The van der Waals surface area contributed by atoms with Crippen molar-refractivity contribution in [3.63, 3.8) is 0 Å². The number of carbonyl (C=O) groups excluding carboxylic acids is 1. The van der Waals surface area contributed by atoms with Crippen LogP contribution >= 0.6 is 27.5 Å². The summed E-state index contributed by atoms with van der Waals surface area (Å²) in [4.78, 5) is 11.8. The Labute approximate surface area is 133 Å². The molecule has 0 aliphatic rings. The molecule has 1 N–H and O–H groups in total. The zero-order chi connectivity index (χ0) is 15.9. The number of carbonyl (C=O) groups is 1. The summed E-state index contributed by atoms with van der Waals surface area (Å²) in [5.74, 6) is -0.382. The van der Waals surface area contributed by atoms with Crippen molar-refractivity contribution in [2.45, 2.75) is 12.6 Å². The summed E-state index contributed by atoms with van der Waals surface area (Å²) < 4.78 is 44.0. The largest absolute Gasteiger partial charge is 0.417 e. The molecule has 0 spiro atoms. The van der Waals surface area contributed by atoms with E-state index in [4.69, 9.17) is 16.3 Å². The second kappa shape index (κ2) is 8.60. The summed E-state index contributed by atoms with van der Waals surface area (Å²) in [7, 11) is 0. The van der Waals surface area contributed by atoms with E-state index in [1.54, 1.807) is 0 Å². The van der Waals surface area contributed by atoms with Crippen molar-refractivity contribution in [2.24, 2.45) is 0 Å². The summed E-state index contributed by atoms with van der Waals surface area (Å²) in [6.07, 6.45) is -4.08. The van der Waals surface area contributed by atoms with E-state index in [-0.39, 0.29) is 11.0 Å². The van der Waals surface area contributed by atoms with Gasteiger partial charge in [0.05, 0.1) is 17.7 Å². The van der Waals surface area contributed by atoms with Crippen molar-refractivity contribution in [2.75, 3.05) is 25.6 Å². The third-order valence-electron chi connectivity index (χ3n) is 2.50. The van der Waals surface area contributed by atoms with Crippen molar-refractivity contribution in [1.82, 2.24) is 5.32 Å². The van der Waals surface area contributed by atoms with Gasteiger partial charge in [0.1, 0.15) is 0 Å². The maximum Gasteiger partial charge on any atom is 0.417 e. The molecule has 3 nitrogen and oxygen atoms in total. The Kier molecular flexibility index (Phi) is 7.48. The number of alkyl halides is 4. The Morgan fingerprint density at radius 2 is 2.05 bits per heavy atom. The SMILES string of the molecule is O=C(NCCCOCCCl)c1ccc(Br)cc1C(F)(F)F. The molecule has 0 aliphatic heterocycles. The van der Waals surface area contributed by atoms with Gasteiger partial charge < -0.3 is 10.1 Å². The summed E-state index contributed by atoms with van der Waals surface area (Å²) in [5, 5.41) is 2.44. The van der Waals surface area contributed by atoms with Crippen LogP contribution in [0, 0.1) is 0 Å². The molecule has 8 heteroatoms. The highest BCUT2D eigenvalue weighted by molar-refractivity contribution is 9.10. The standard InChI is InChI=1S/C13H14BrClF3NO2/c14-9-2-3-10(11(8-9)13(16,17)18)12(20)19-5-1-6-21-7-4-15/h2-3,8H,1,4-7H2,(H,19,20). The molecule has 0 bridgehead atoms. The van der Waals surface area contributed by atoms with E-state index in [0.717, 1.165) is 12.1 Å². The first-order chi connectivity index (χ1) is 9.86. The molecule has 0 radical (unpaired) electrons. The molecule has 1 rings (SSSR count). The molecule has 21 heavy (non-hydrogen) atoms. The summed E-state index contributed by atoms with van der Waals surface area (Å²) in [6.45, 7) is 1.02. The lowest BCUT2D eigenvalue weighted by atomic mass is 10.1. The van der Waals surface area contributed by atoms with Gasteiger partial charge in [-0.2, -0.15) is 13.2 Å². The number of rotatable bonds is 7. The lowest BCUT2D eigenvalue weighted by molar-refractivity contribution is -0.138. The van der Waals surface area contributed by atoms with Gasteiger partial charge >= 0.3 is 6.18 Å². The van der Waals surface area contributed by atoms with Crippen molar-refractivity contribution in [3.05, 3.63) is 33.8 Å². The van der Waals surface area contributed by atoms with Crippen LogP contribution in [0.3, 0.4) is 0 Å². The fourth-order valence-corrected chi connectivity index (χ4v) is 2.05. The van der Waals surface area contributed by atoms with E-state index in [9.17, 15) is 18.0 Å². The Hall–Kier alpha value is -0.790. The number of benzene rings is 1. The van der Waals surface area contributed by atoms with Crippen LogP contribution in [0.15, 0.2) is 22.7 Å². The van der Waals surface area contributed by atoms with E-state index >= 15 is 0 Å². The number of hydrogen-bond donors (Lipinski definition) is 1. The van der Waals surface area contributed by atoms with Crippen molar-refractivity contribution >= 4 is 33.4 Å². The quantitative estimate of drug-likeness (QED) is 0.569. The third kappa shape index (κ3) is 6.23. The fourth-order valence-electron chi connectivity index (χ4n) is 1.58. The number of nitrogens with one attached hydrogen (secondary N) is 1. The van der Waals surface area contributed by atoms with Crippen LogP contribution in [0.4, 0.5) is 13.2 Å². The molecule has 118 valence electrons. The van der Waals surface area contributed by atoms with E-state index in [1.165, 1.54) is 6.07 Å². The van der Waals surface area contributed by atoms with Crippen LogP contribution in [0.1, 0.15) is 22.3 Å². The molecular weight excluding hydrogens is 374 g/mol. The molecule has 0 saturated carbocycles. The Morgan fingerprint density at radius 3 is 2.67 bits per heavy atom. The topological polar surface area (TPSA) is 38.3 Å². The molecule has 0 aromatic heterocycles. The zero-order valence-corrected chi connectivity index (χ0v) is 13.3. The minimum atomic E-state index is -4.58. The van der Waals surface area contributed by atoms with Crippen LogP contribution in [-0.4, -0.2) is 31.5 Å². The predicted octanol–water partition coefficient (Wildman–Crippen LogP) is 3.84. The van der Waals surface area contributed by atoms with Crippen LogP contribution in [0.2, 0.25) is 0 Å². The van der Waals surface area contributed by atoms with Crippen molar-refractivity contribution < 1.29 is 22.7 Å². The summed E-state index contributed by atoms with van der Waals surface area (Å²) >= 11 is 8.38. The third-order valence-corrected chi connectivity index (χ3v) is 3.15. The van der Waals surface area contributed by atoms with E-state index in [1.807, 2.05) is 0 Å². The van der Waals surface area contributed by atoms with Crippen molar-refractivity contribution in [3.8, 4) is 0 Å². The first-order valence-corrected chi connectivity index (χ1v) is 7.47. The molecular formula is C13H14BrClF3NO2. The van der Waals surface area contributed by atoms with Crippen LogP contribution < -0.4 is 5.32 Å². The summed E-state index contributed by atoms with van der Waals surface area (Å²) in [5.41, 5.74) is -1.36. The number of halogens is 5. The lowest BCUT2D eigenvalue weighted by Crippen LogP contribution is -2.27. The molecule has 0 unspecified atom stereocenters. The monoisotopic (exact) mass is 387 g/mol. The van der Waals surface area contributed by atoms with Gasteiger partial charge in [-0.3, -0.25) is 4.79 Å². The first-order valence-electron chi connectivity index (χ1n) is 6.15. The summed E-state index contributed by atoms with van der Waals surface area (Å²) in [6, 6.07) is 3.43. The van der Waals surface area contributed by atoms with E-state index in [2.05, 4.69) is 21.2 Å². The van der Waals surface area contributed by atoms with Gasteiger partial charge in [0, 0.05) is 23.5 Å². The van der Waals surface area contributed by atoms with Gasteiger partial charge in [-0.15, -0.1) is 11.6 Å². The van der Waals surface area contributed by atoms with Gasteiger partial charge in [-0.25, -0.2) is 0 Å². The highest BCUT2D eigenvalue weighted by Crippen LogP contribution is 2.33. The van der Waals surface area contributed by atoms with E-state index in [0.29, 0.717) is 25.5 Å². The van der Waals surface area contributed by atoms with E-state index < -0.39 is 23.2 Å². The van der Waals surface area contributed by atoms with Gasteiger partial charge in [0.2, 0.25) is 0 Å². The number of hydrogen-bond acceptors (Lipinski definition) is 2. The maximum atomic E-state index is 12.9. The molecule has 1 aromatic rings. The zero-order valence-electron chi connectivity index (χ0n) is 11.0. The van der Waals surface area contributed by atoms with Crippen molar-refractivity contribution in [1.29, 1.82) is 0 Å². The normalized spacial score (nSPS) is 11.5. The molecule has 0 saturated heterocycles. The average molecular weight is 389 g/mol. The van der Waals surface area contributed by atoms with Gasteiger partial charge in [0.15, 0.2) is 0 Å². The van der Waals surface area contributed by atoms with Crippen LogP contribution in [0.25, 0.3) is 0 Å². The minimum Gasteiger partial charge on any atom is -0.380 e. The second-order valence-electron chi connectivity index (χ2n) is 4.10. The highest BCUT2D eigenvalue weighted by atomic mass is 79.9. The Balaban J connectivity index is 2.62. The number of amides is 1. The smallest absolute Gasteiger partial charge is 0.380 e. The molecule has 1 aromatic carbocycles. The Morgan fingerprint density at radius 1 is 1.33 bits per heavy atom. The highest BCUT2D eigenvalue weighted by Gasteiger charge is 2.35. The predicted molar refractivity (Wildman–Crippen MR) is 77.6 cm³/mol. The van der Waals surface area contributed by atoms with Crippen LogP contribution in [0.5, 0.6) is 0 Å². The molecule has 1 amide bonds. The van der Waals surface area contributed by atoms with Gasteiger partial charge in [-0.05, 0) is 24.6 Å². The fraction of sp³-hybridized carbons (Fsp3) is 0.462. The molecule has 0 aliphatic carbocycles. The molecule has 0 heterocycles. The molecule has 0 fully saturated rings. The average Bonchev–Trinajstić information content (AvgIpc) is 2.41. The minimum absolute atomic E-state index is 0.231. The second-order valence-corrected chi connectivity index (χ2v) is 5.39. The lowest BCUT2D eigenvalue weighted by Gasteiger charge is -2.13. The first kappa shape index (κ1) is 18.3. The number of ether oxygens (including phenoxy) is 1.